The molecule has 2 nitrogen and oxygen atoms in total. The van der Waals surface area contributed by atoms with E-state index in [1.807, 2.05) is 0 Å². The quantitative estimate of drug-likeness (QED) is 0.447. The first-order valence-electron chi connectivity index (χ1n) is 9.70. The molecule has 3 aliphatic rings. The first-order chi connectivity index (χ1) is 11.1. The van der Waals surface area contributed by atoms with Crippen LogP contribution in [0.1, 0.15) is 79.6 Å². The van der Waals surface area contributed by atoms with Crippen molar-refractivity contribution < 1.29 is 9.53 Å². The Balaban J connectivity index is 1.92. The van der Waals surface area contributed by atoms with Crippen molar-refractivity contribution in [1.29, 1.82) is 0 Å². The third-order valence-corrected chi connectivity index (χ3v) is 7.64. The van der Waals surface area contributed by atoms with Crippen LogP contribution in [0.2, 0.25) is 0 Å². The number of hydrogen-bond acceptors (Lipinski definition) is 2. The summed E-state index contributed by atoms with van der Waals surface area (Å²) in [7, 11) is 0. The van der Waals surface area contributed by atoms with E-state index in [1.165, 1.54) is 44.6 Å². The molecule has 4 atom stereocenters. The van der Waals surface area contributed by atoms with Crippen LogP contribution in [0.15, 0.2) is 23.3 Å². The molecule has 3 rings (SSSR count). The molecule has 2 heteroatoms. The maximum atomic E-state index is 11.5. The van der Waals surface area contributed by atoms with Gasteiger partial charge in [0.05, 0.1) is 0 Å². The fraction of sp³-hybridized carbons (Fsp3) is 0.773. The molecule has 2 saturated carbocycles. The molecule has 0 aliphatic heterocycles. The van der Waals surface area contributed by atoms with E-state index >= 15 is 0 Å². The highest BCUT2D eigenvalue weighted by Crippen LogP contribution is 2.58. The van der Waals surface area contributed by atoms with E-state index in [1.54, 1.807) is 11.1 Å². The van der Waals surface area contributed by atoms with Crippen LogP contribution in [-0.2, 0) is 9.53 Å². The van der Waals surface area contributed by atoms with E-state index in [-0.39, 0.29) is 12.1 Å². The molecule has 0 aromatic carbocycles. The van der Waals surface area contributed by atoms with Gasteiger partial charge in [0.1, 0.15) is 6.10 Å². The lowest BCUT2D eigenvalue weighted by Crippen LogP contribution is -2.45. The molecular formula is C22H34O2. The highest BCUT2D eigenvalue weighted by Gasteiger charge is 2.49. The number of esters is 1. The molecule has 1 unspecified atom stereocenters. The second-order valence-corrected chi connectivity index (χ2v) is 9.37. The van der Waals surface area contributed by atoms with Gasteiger partial charge in [-0.25, -0.2) is 0 Å². The molecule has 2 bridgehead atoms. The first kappa shape index (κ1) is 17.8. The molecule has 0 aromatic heterocycles. The van der Waals surface area contributed by atoms with E-state index in [2.05, 4.69) is 34.3 Å². The first-order valence-corrected chi connectivity index (χ1v) is 9.70. The Bertz CT molecular complexity index is 583. The second kappa shape index (κ2) is 6.04. The minimum atomic E-state index is -0.172. The molecule has 0 amide bonds. The Kier molecular flexibility index (Phi) is 4.47. The fourth-order valence-corrected chi connectivity index (χ4v) is 5.90. The van der Waals surface area contributed by atoms with E-state index < -0.39 is 0 Å². The van der Waals surface area contributed by atoms with Gasteiger partial charge in [-0.2, -0.15) is 0 Å². The van der Waals surface area contributed by atoms with Gasteiger partial charge in [-0.15, -0.1) is 0 Å². The molecule has 0 aromatic rings. The third kappa shape index (κ3) is 2.86. The normalized spacial score (nSPS) is 38.9. The molecule has 2 fully saturated rings. The monoisotopic (exact) mass is 330 g/mol. The number of carbonyl (C=O) groups is 1. The molecule has 0 spiro atoms. The van der Waals surface area contributed by atoms with Gasteiger partial charge in [-0.1, -0.05) is 38.5 Å². The minimum Gasteiger partial charge on any atom is -0.458 e. The predicted molar refractivity (Wildman–Crippen MR) is 98.6 cm³/mol. The third-order valence-electron chi connectivity index (χ3n) is 7.64. The van der Waals surface area contributed by atoms with Gasteiger partial charge in [0.2, 0.25) is 0 Å². The number of hydrogen-bond donors (Lipinski definition) is 0. The highest BCUT2D eigenvalue weighted by molar-refractivity contribution is 5.66. The lowest BCUT2D eigenvalue weighted by molar-refractivity contribution is -0.147. The predicted octanol–water partition coefficient (Wildman–Crippen LogP) is 5.83. The van der Waals surface area contributed by atoms with Crippen molar-refractivity contribution in [2.75, 3.05) is 0 Å². The SMILES string of the molecule is C=C1C2C[C@@H]3CCC(C)=C(CC[C@]2(C)CC[C@@H]1OC(C)=O)C3(C)C. The Morgan fingerprint density at radius 2 is 1.88 bits per heavy atom. The minimum absolute atomic E-state index is 0.0662. The number of rotatable bonds is 1. The van der Waals surface area contributed by atoms with Crippen molar-refractivity contribution in [1.82, 2.24) is 0 Å². The van der Waals surface area contributed by atoms with Crippen LogP contribution in [0, 0.1) is 22.7 Å². The van der Waals surface area contributed by atoms with E-state index in [4.69, 9.17) is 4.74 Å². The summed E-state index contributed by atoms with van der Waals surface area (Å²) in [4.78, 5) is 11.5. The largest absolute Gasteiger partial charge is 0.458 e. The van der Waals surface area contributed by atoms with Crippen LogP contribution in [0.4, 0.5) is 0 Å². The van der Waals surface area contributed by atoms with Gasteiger partial charge in [0.25, 0.3) is 0 Å². The highest BCUT2D eigenvalue weighted by atomic mass is 16.5. The van der Waals surface area contributed by atoms with E-state index in [0.29, 0.717) is 22.7 Å². The summed E-state index contributed by atoms with van der Waals surface area (Å²) in [6, 6.07) is 0. The van der Waals surface area contributed by atoms with Crippen molar-refractivity contribution in [3.63, 3.8) is 0 Å². The van der Waals surface area contributed by atoms with Crippen LogP contribution in [0.3, 0.4) is 0 Å². The topological polar surface area (TPSA) is 26.3 Å². The summed E-state index contributed by atoms with van der Waals surface area (Å²) < 4.78 is 5.59. The van der Waals surface area contributed by atoms with Gasteiger partial charge < -0.3 is 4.74 Å². The number of carbonyl (C=O) groups excluding carboxylic acids is 1. The summed E-state index contributed by atoms with van der Waals surface area (Å²) in [5.74, 6) is 1.03. The van der Waals surface area contributed by atoms with Gasteiger partial charge >= 0.3 is 5.97 Å². The van der Waals surface area contributed by atoms with Crippen LogP contribution < -0.4 is 0 Å². The fourth-order valence-electron chi connectivity index (χ4n) is 5.90. The molecule has 0 saturated heterocycles. The zero-order valence-corrected chi connectivity index (χ0v) is 16.2. The van der Waals surface area contributed by atoms with Gasteiger partial charge in [-0.3, -0.25) is 4.79 Å². The van der Waals surface area contributed by atoms with Gasteiger partial charge in [0, 0.05) is 6.92 Å². The van der Waals surface area contributed by atoms with Crippen molar-refractivity contribution >= 4 is 5.97 Å². The Morgan fingerprint density at radius 1 is 1.17 bits per heavy atom. The van der Waals surface area contributed by atoms with Gasteiger partial charge in [-0.05, 0) is 80.1 Å². The number of fused-ring (bicyclic) bond motifs is 3. The summed E-state index contributed by atoms with van der Waals surface area (Å²) in [5, 5.41) is 0. The summed E-state index contributed by atoms with van der Waals surface area (Å²) >= 11 is 0. The smallest absolute Gasteiger partial charge is 0.303 e. The Labute approximate surface area is 147 Å². The molecule has 0 radical (unpaired) electrons. The lowest BCUT2D eigenvalue weighted by Gasteiger charge is -2.53. The van der Waals surface area contributed by atoms with Crippen LogP contribution in [-0.4, -0.2) is 12.1 Å². The standard InChI is InChI=1S/C22H34O2/c1-14-7-8-17-13-19-15(2)20(24-16(3)23)10-12-22(19,6)11-9-18(14)21(17,4)5/h17,19-20H,2,7-13H2,1,3-6H3/t17-,19?,20-,22+/m0/s1. The molecule has 3 aliphatic carbocycles. The van der Waals surface area contributed by atoms with Crippen LogP contribution in [0.25, 0.3) is 0 Å². The zero-order chi connectivity index (χ0) is 17.7. The van der Waals surface area contributed by atoms with Crippen LogP contribution in [0.5, 0.6) is 0 Å². The average molecular weight is 331 g/mol. The van der Waals surface area contributed by atoms with Gasteiger partial charge in [0.15, 0.2) is 0 Å². The summed E-state index contributed by atoms with van der Waals surface area (Å²) in [6.07, 6.45) is 8.25. The van der Waals surface area contributed by atoms with Crippen LogP contribution >= 0.6 is 0 Å². The Morgan fingerprint density at radius 3 is 2.54 bits per heavy atom. The molecule has 24 heavy (non-hydrogen) atoms. The van der Waals surface area contributed by atoms with E-state index in [0.717, 1.165) is 12.8 Å². The van der Waals surface area contributed by atoms with Crippen molar-refractivity contribution in [2.24, 2.45) is 22.7 Å². The lowest BCUT2D eigenvalue weighted by atomic mass is 9.52. The summed E-state index contributed by atoms with van der Waals surface area (Å²) in [6.45, 7) is 15.7. The van der Waals surface area contributed by atoms with Crippen molar-refractivity contribution in [3.8, 4) is 0 Å². The average Bonchev–Trinajstić information content (AvgIpc) is 2.47. The van der Waals surface area contributed by atoms with Crippen molar-refractivity contribution in [2.45, 2.75) is 85.7 Å². The number of allylic oxidation sites excluding steroid dienone is 2. The zero-order valence-electron chi connectivity index (χ0n) is 16.2. The second-order valence-electron chi connectivity index (χ2n) is 9.37. The maximum Gasteiger partial charge on any atom is 0.303 e. The molecule has 0 N–H and O–H groups in total. The maximum absolute atomic E-state index is 11.5. The molecular weight excluding hydrogens is 296 g/mol. The summed E-state index contributed by atoms with van der Waals surface area (Å²) in [5.41, 5.74) is 5.17. The van der Waals surface area contributed by atoms with Crippen molar-refractivity contribution in [3.05, 3.63) is 23.3 Å². The number of ether oxygens (including phenoxy) is 1. The van der Waals surface area contributed by atoms with E-state index in [9.17, 15) is 4.79 Å². The molecule has 134 valence electrons. The molecule has 0 heterocycles. The Hall–Kier alpha value is -1.05.